The summed E-state index contributed by atoms with van der Waals surface area (Å²) in [6.07, 6.45) is 0. The topological polar surface area (TPSA) is 73.7 Å². The normalized spacial score (nSPS) is 12.5. The van der Waals surface area contributed by atoms with Gasteiger partial charge in [0.25, 0.3) is 0 Å². The van der Waals surface area contributed by atoms with Gasteiger partial charge < -0.3 is 19.3 Å². The van der Waals surface area contributed by atoms with Gasteiger partial charge in [0.1, 0.15) is 5.75 Å². The molecule has 1 aromatic heterocycles. The Kier molecular flexibility index (Phi) is 2.70. The van der Waals surface area contributed by atoms with Crippen molar-refractivity contribution in [3.8, 4) is 23.1 Å². The molecule has 1 aliphatic heterocycles. The highest BCUT2D eigenvalue weighted by molar-refractivity contribution is 5.47. The molecule has 6 nitrogen and oxygen atoms in total. The van der Waals surface area contributed by atoms with Gasteiger partial charge in [0.2, 0.25) is 12.7 Å². The molecule has 0 fully saturated rings. The van der Waals surface area contributed by atoms with Crippen LogP contribution >= 0.6 is 0 Å². The Labute approximate surface area is 103 Å². The minimum atomic E-state index is -0.142. The molecule has 0 aliphatic carbocycles. The Bertz CT molecular complexity index is 557. The van der Waals surface area contributed by atoms with Gasteiger partial charge in [-0.25, -0.2) is 0 Å². The number of rotatable bonds is 3. The summed E-state index contributed by atoms with van der Waals surface area (Å²) in [7, 11) is 0. The fourth-order valence-corrected chi connectivity index (χ4v) is 1.55. The molecular formula is C12H10N2O4. The van der Waals surface area contributed by atoms with Crippen molar-refractivity contribution in [1.29, 1.82) is 0 Å². The quantitative estimate of drug-likeness (QED) is 0.884. The highest BCUT2D eigenvalue weighted by Crippen LogP contribution is 2.36. The lowest BCUT2D eigenvalue weighted by atomic mass is 10.3. The van der Waals surface area contributed by atoms with Crippen molar-refractivity contribution >= 4 is 0 Å². The molecule has 1 aliphatic rings. The van der Waals surface area contributed by atoms with Crippen LogP contribution in [0.2, 0.25) is 0 Å². The number of benzene rings is 1. The standard InChI is InChI=1S/C12H10N2O4/c15-6-8-1-4-12(14-13-8)18-9-2-3-10-11(5-9)17-7-16-10/h1-5,15H,6-7H2. The lowest BCUT2D eigenvalue weighted by Crippen LogP contribution is -1.95. The second-order valence-corrected chi connectivity index (χ2v) is 3.64. The lowest BCUT2D eigenvalue weighted by molar-refractivity contribution is 0.174. The van der Waals surface area contributed by atoms with E-state index in [9.17, 15) is 0 Å². The molecule has 2 aromatic rings. The average molecular weight is 246 g/mol. The fraction of sp³-hybridized carbons (Fsp3) is 0.167. The minimum absolute atomic E-state index is 0.142. The molecule has 1 N–H and O–H groups in total. The van der Waals surface area contributed by atoms with Crippen LogP contribution in [0, 0.1) is 0 Å². The van der Waals surface area contributed by atoms with Crippen LogP contribution in [0.15, 0.2) is 30.3 Å². The third kappa shape index (κ3) is 2.05. The molecule has 6 heteroatoms. The van der Waals surface area contributed by atoms with Crippen LogP contribution < -0.4 is 14.2 Å². The van der Waals surface area contributed by atoms with E-state index in [-0.39, 0.29) is 13.4 Å². The van der Waals surface area contributed by atoms with Gasteiger partial charge >= 0.3 is 0 Å². The van der Waals surface area contributed by atoms with E-state index in [4.69, 9.17) is 19.3 Å². The van der Waals surface area contributed by atoms with Crippen molar-refractivity contribution < 1.29 is 19.3 Å². The van der Waals surface area contributed by atoms with E-state index in [1.54, 1.807) is 30.3 Å². The maximum atomic E-state index is 8.85. The molecule has 0 bridgehead atoms. The Morgan fingerprint density at radius 2 is 2.00 bits per heavy atom. The fourth-order valence-electron chi connectivity index (χ4n) is 1.55. The molecular weight excluding hydrogens is 236 g/mol. The molecule has 92 valence electrons. The first-order valence-electron chi connectivity index (χ1n) is 5.36. The van der Waals surface area contributed by atoms with E-state index in [2.05, 4.69) is 10.2 Å². The van der Waals surface area contributed by atoms with E-state index in [1.165, 1.54) is 0 Å². The lowest BCUT2D eigenvalue weighted by Gasteiger charge is -2.05. The van der Waals surface area contributed by atoms with E-state index in [1.807, 2.05) is 0 Å². The molecule has 0 atom stereocenters. The number of ether oxygens (including phenoxy) is 3. The minimum Gasteiger partial charge on any atom is -0.454 e. The second kappa shape index (κ2) is 4.50. The zero-order valence-electron chi connectivity index (χ0n) is 9.37. The number of hydrogen-bond acceptors (Lipinski definition) is 6. The third-order valence-corrected chi connectivity index (χ3v) is 2.42. The summed E-state index contributed by atoms with van der Waals surface area (Å²) in [6.45, 7) is 0.0844. The molecule has 3 rings (SSSR count). The molecule has 0 radical (unpaired) electrons. The number of aliphatic hydroxyl groups excluding tert-OH is 1. The number of aromatic nitrogens is 2. The zero-order chi connectivity index (χ0) is 12.4. The van der Waals surface area contributed by atoms with Gasteiger partial charge in [-0.15, -0.1) is 10.2 Å². The largest absolute Gasteiger partial charge is 0.454 e. The van der Waals surface area contributed by atoms with Gasteiger partial charge in [-0.1, -0.05) is 0 Å². The van der Waals surface area contributed by atoms with Crippen LogP contribution in [0.5, 0.6) is 23.1 Å². The summed E-state index contributed by atoms with van der Waals surface area (Å²) in [4.78, 5) is 0. The monoisotopic (exact) mass is 246 g/mol. The molecule has 2 heterocycles. The number of hydrogen-bond donors (Lipinski definition) is 1. The molecule has 0 spiro atoms. The Morgan fingerprint density at radius 1 is 1.11 bits per heavy atom. The van der Waals surface area contributed by atoms with E-state index in [0.29, 0.717) is 28.8 Å². The van der Waals surface area contributed by atoms with Gasteiger partial charge in [0.05, 0.1) is 12.3 Å². The SMILES string of the molecule is OCc1ccc(Oc2ccc3c(c2)OCO3)nn1. The van der Waals surface area contributed by atoms with Crippen LogP contribution in [-0.2, 0) is 6.61 Å². The summed E-state index contributed by atoms with van der Waals surface area (Å²) >= 11 is 0. The number of fused-ring (bicyclic) bond motifs is 1. The molecule has 0 saturated heterocycles. The summed E-state index contributed by atoms with van der Waals surface area (Å²) in [5.74, 6) is 2.29. The van der Waals surface area contributed by atoms with Crippen LogP contribution in [0.25, 0.3) is 0 Å². The Hall–Kier alpha value is -2.34. The van der Waals surface area contributed by atoms with Gasteiger partial charge in [0, 0.05) is 12.1 Å². The highest BCUT2D eigenvalue weighted by Gasteiger charge is 2.14. The molecule has 18 heavy (non-hydrogen) atoms. The first-order valence-corrected chi connectivity index (χ1v) is 5.36. The summed E-state index contributed by atoms with van der Waals surface area (Å²) in [5, 5.41) is 16.5. The van der Waals surface area contributed by atoms with Gasteiger partial charge in [-0.2, -0.15) is 0 Å². The van der Waals surface area contributed by atoms with Crippen molar-refractivity contribution in [2.75, 3.05) is 6.79 Å². The molecule has 1 aromatic carbocycles. The van der Waals surface area contributed by atoms with Crippen LogP contribution in [0.1, 0.15) is 5.69 Å². The van der Waals surface area contributed by atoms with E-state index >= 15 is 0 Å². The van der Waals surface area contributed by atoms with E-state index in [0.717, 1.165) is 0 Å². The predicted octanol–water partition coefficient (Wildman–Crippen LogP) is 1.49. The van der Waals surface area contributed by atoms with Crippen LogP contribution in [0.4, 0.5) is 0 Å². The van der Waals surface area contributed by atoms with Gasteiger partial charge in [-0.05, 0) is 18.2 Å². The maximum Gasteiger partial charge on any atom is 0.238 e. The average Bonchev–Trinajstić information content (AvgIpc) is 2.87. The summed E-state index contributed by atoms with van der Waals surface area (Å²) < 4.78 is 16.0. The zero-order valence-corrected chi connectivity index (χ0v) is 9.37. The van der Waals surface area contributed by atoms with Crippen LogP contribution in [-0.4, -0.2) is 22.1 Å². The highest BCUT2D eigenvalue weighted by atomic mass is 16.7. The molecule has 0 unspecified atom stereocenters. The Balaban J connectivity index is 1.79. The second-order valence-electron chi connectivity index (χ2n) is 3.64. The third-order valence-electron chi connectivity index (χ3n) is 2.42. The smallest absolute Gasteiger partial charge is 0.238 e. The number of aliphatic hydroxyl groups is 1. The molecule has 0 amide bonds. The van der Waals surface area contributed by atoms with Crippen molar-refractivity contribution in [3.63, 3.8) is 0 Å². The molecule has 0 saturated carbocycles. The van der Waals surface area contributed by atoms with Crippen molar-refractivity contribution in [3.05, 3.63) is 36.0 Å². The number of nitrogens with zero attached hydrogens (tertiary/aromatic N) is 2. The first-order chi connectivity index (χ1) is 8.85. The first kappa shape index (κ1) is 10.8. The predicted molar refractivity (Wildman–Crippen MR) is 60.6 cm³/mol. The van der Waals surface area contributed by atoms with Gasteiger partial charge in [0.15, 0.2) is 11.5 Å². The van der Waals surface area contributed by atoms with Crippen molar-refractivity contribution in [2.45, 2.75) is 6.61 Å². The maximum absolute atomic E-state index is 8.85. The van der Waals surface area contributed by atoms with Crippen molar-refractivity contribution in [2.24, 2.45) is 0 Å². The summed E-state index contributed by atoms with van der Waals surface area (Å²) in [5.41, 5.74) is 0.494. The van der Waals surface area contributed by atoms with Gasteiger partial charge in [-0.3, -0.25) is 0 Å². The summed E-state index contributed by atoms with van der Waals surface area (Å²) in [6, 6.07) is 8.55. The van der Waals surface area contributed by atoms with E-state index < -0.39 is 0 Å². The Morgan fingerprint density at radius 3 is 2.78 bits per heavy atom. The van der Waals surface area contributed by atoms with Crippen molar-refractivity contribution in [1.82, 2.24) is 10.2 Å². The van der Waals surface area contributed by atoms with Crippen LogP contribution in [0.3, 0.4) is 0 Å².